The second-order valence-electron chi connectivity index (χ2n) is 6.47. The number of halogens is 1. The van der Waals surface area contributed by atoms with Gasteiger partial charge in [-0.25, -0.2) is 0 Å². The van der Waals surface area contributed by atoms with Crippen molar-refractivity contribution in [2.45, 2.75) is 65.2 Å². The van der Waals surface area contributed by atoms with Gasteiger partial charge >= 0.3 is 0 Å². The molecule has 0 aromatic heterocycles. The number of hydrogen-bond donors (Lipinski definition) is 1. The lowest BCUT2D eigenvalue weighted by Gasteiger charge is -2.20. The lowest BCUT2D eigenvalue weighted by atomic mass is 9.92. The van der Waals surface area contributed by atoms with Gasteiger partial charge in [0.2, 0.25) is 0 Å². The molecule has 1 rings (SSSR count). The van der Waals surface area contributed by atoms with Crippen molar-refractivity contribution in [1.29, 1.82) is 0 Å². The minimum atomic E-state index is 0.541. The molecular weight excluding hydrogens is 278 g/mol. The SMILES string of the molecule is CCCCCCCC(CNCC(C)C)c1ccccc1Cl. The summed E-state index contributed by atoms with van der Waals surface area (Å²) in [4.78, 5) is 0. The van der Waals surface area contributed by atoms with Gasteiger partial charge in [0.15, 0.2) is 0 Å². The van der Waals surface area contributed by atoms with Crippen molar-refractivity contribution < 1.29 is 0 Å². The number of benzene rings is 1. The molecule has 1 aromatic carbocycles. The fourth-order valence-electron chi connectivity index (χ4n) is 2.71. The largest absolute Gasteiger partial charge is 0.316 e. The molecule has 0 fully saturated rings. The lowest BCUT2D eigenvalue weighted by molar-refractivity contribution is 0.481. The first-order chi connectivity index (χ1) is 10.1. The van der Waals surface area contributed by atoms with Gasteiger partial charge in [0.05, 0.1) is 0 Å². The highest BCUT2D eigenvalue weighted by atomic mass is 35.5. The number of nitrogens with one attached hydrogen (secondary N) is 1. The molecule has 21 heavy (non-hydrogen) atoms. The van der Waals surface area contributed by atoms with Crippen molar-refractivity contribution in [3.8, 4) is 0 Å². The van der Waals surface area contributed by atoms with Crippen LogP contribution in [0.5, 0.6) is 0 Å². The van der Waals surface area contributed by atoms with Crippen LogP contribution in [0.2, 0.25) is 5.02 Å². The molecule has 0 aliphatic carbocycles. The molecule has 1 unspecified atom stereocenters. The maximum atomic E-state index is 6.40. The predicted molar refractivity (Wildman–Crippen MR) is 95.3 cm³/mol. The first kappa shape index (κ1) is 18.5. The van der Waals surface area contributed by atoms with Crippen molar-refractivity contribution in [3.05, 3.63) is 34.9 Å². The van der Waals surface area contributed by atoms with Crippen molar-refractivity contribution in [1.82, 2.24) is 5.32 Å². The van der Waals surface area contributed by atoms with Crippen molar-refractivity contribution in [2.75, 3.05) is 13.1 Å². The fourth-order valence-corrected chi connectivity index (χ4v) is 3.00. The zero-order valence-corrected chi connectivity index (χ0v) is 14.8. The van der Waals surface area contributed by atoms with Crippen LogP contribution in [0.1, 0.15) is 70.8 Å². The van der Waals surface area contributed by atoms with Gasteiger partial charge in [0, 0.05) is 11.6 Å². The number of unbranched alkanes of at least 4 members (excludes halogenated alkanes) is 4. The van der Waals surface area contributed by atoms with E-state index in [1.807, 2.05) is 12.1 Å². The van der Waals surface area contributed by atoms with Crippen LogP contribution >= 0.6 is 11.6 Å². The molecule has 0 aliphatic heterocycles. The smallest absolute Gasteiger partial charge is 0.0441 e. The molecule has 1 nitrogen and oxygen atoms in total. The van der Waals surface area contributed by atoms with Gasteiger partial charge in [-0.3, -0.25) is 0 Å². The monoisotopic (exact) mass is 309 g/mol. The first-order valence-corrected chi connectivity index (χ1v) is 8.98. The molecular formula is C19H32ClN. The molecule has 120 valence electrons. The molecule has 0 radical (unpaired) electrons. The normalized spacial score (nSPS) is 12.8. The van der Waals surface area contributed by atoms with E-state index >= 15 is 0 Å². The summed E-state index contributed by atoms with van der Waals surface area (Å²) in [6, 6.07) is 8.33. The molecule has 0 aliphatic rings. The van der Waals surface area contributed by atoms with Crippen molar-refractivity contribution in [3.63, 3.8) is 0 Å². The Bertz CT molecular complexity index is 376. The van der Waals surface area contributed by atoms with Crippen LogP contribution in [0, 0.1) is 5.92 Å². The van der Waals surface area contributed by atoms with Crippen LogP contribution in [-0.4, -0.2) is 13.1 Å². The van der Waals surface area contributed by atoms with Crippen LogP contribution in [0.15, 0.2) is 24.3 Å². The third-order valence-electron chi connectivity index (χ3n) is 3.94. The molecule has 0 bridgehead atoms. The standard InChI is InChI=1S/C19H32ClN/c1-4-5-6-7-8-11-17(15-21-14-16(2)3)18-12-9-10-13-19(18)20/h9-10,12-13,16-17,21H,4-8,11,14-15H2,1-3H3. The third kappa shape index (κ3) is 7.87. The Labute approximate surface area is 136 Å². The molecule has 1 aromatic rings. The quantitative estimate of drug-likeness (QED) is 0.492. The topological polar surface area (TPSA) is 12.0 Å². The zero-order chi connectivity index (χ0) is 15.5. The highest BCUT2D eigenvalue weighted by molar-refractivity contribution is 6.31. The Hall–Kier alpha value is -0.530. The van der Waals surface area contributed by atoms with E-state index in [0.29, 0.717) is 11.8 Å². The maximum absolute atomic E-state index is 6.40. The van der Waals surface area contributed by atoms with Crippen LogP contribution < -0.4 is 5.32 Å². The summed E-state index contributed by atoms with van der Waals surface area (Å²) in [6.45, 7) is 8.89. The Morgan fingerprint density at radius 1 is 1.00 bits per heavy atom. The highest BCUT2D eigenvalue weighted by Crippen LogP contribution is 2.28. The van der Waals surface area contributed by atoms with Gasteiger partial charge in [0.25, 0.3) is 0 Å². The fraction of sp³-hybridized carbons (Fsp3) is 0.684. The summed E-state index contributed by atoms with van der Waals surface area (Å²) in [5.74, 6) is 1.24. The Kier molecular flexibility index (Phi) is 9.78. The van der Waals surface area contributed by atoms with Gasteiger partial charge in [-0.2, -0.15) is 0 Å². The van der Waals surface area contributed by atoms with E-state index in [-0.39, 0.29) is 0 Å². The van der Waals surface area contributed by atoms with E-state index in [1.54, 1.807) is 0 Å². The lowest BCUT2D eigenvalue weighted by Crippen LogP contribution is -2.25. The van der Waals surface area contributed by atoms with Gasteiger partial charge in [-0.05, 0) is 36.4 Å². The average molecular weight is 310 g/mol. The van der Waals surface area contributed by atoms with E-state index < -0.39 is 0 Å². The average Bonchev–Trinajstić information content (AvgIpc) is 2.45. The molecule has 0 saturated heterocycles. The predicted octanol–water partition coefficient (Wildman–Crippen LogP) is 6.03. The van der Waals surface area contributed by atoms with Gasteiger partial charge < -0.3 is 5.32 Å². The molecule has 0 heterocycles. The number of rotatable bonds is 11. The Morgan fingerprint density at radius 3 is 2.38 bits per heavy atom. The molecule has 0 amide bonds. The molecule has 2 heteroatoms. The molecule has 0 spiro atoms. The van der Waals surface area contributed by atoms with E-state index in [4.69, 9.17) is 11.6 Å². The summed E-state index contributed by atoms with van der Waals surface area (Å²) in [5, 5.41) is 4.52. The van der Waals surface area contributed by atoms with Crippen LogP contribution in [0.4, 0.5) is 0 Å². The van der Waals surface area contributed by atoms with Gasteiger partial charge in [-0.15, -0.1) is 0 Å². The molecule has 0 saturated carbocycles. The Balaban J connectivity index is 2.51. The Morgan fingerprint density at radius 2 is 1.71 bits per heavy atom. The maximum Gasteiger partial charge on any atom is 0.0441 e. The molecule has 1 N–H and O–H groups in total. The minimum Gasteiger partial charge on any atom is -0.316 e. The third-order valence-corrected chi connectivity index (χ3v) is 4.29. The summed E-state index contributed by atoms with van der Waals surface area (Å²) in [5.41, 5.74) is 1.31. The van der Waals surface area contributed by atoms with E-state index in [0.717, 1.165) is 18.1 Å². The summed E-state index contributed by atoms with van der Waals surface area (Å²) in [6.07, 6.45) is 7.92. The van der Waals surface area contributed by atoms with Gasteiger partial charge in [0.1, 0.15) is 0 Å². The zero-order valence-electron chi connectivity index (χ0n) is 14.0. The van der Waals surface area contributed by atoms with Crippen LogP contribution in [0.3, 0.4) is 0 Å². The van der Waals surface area contributed by atoms with Crippen LogP contribution in [0.25, 0.3) is 0 Å². The second-order valence-corrected chi connectivity index (χ2v) is 6.88. The summed E-state index contributed by atoms with van der Waals surface area (Å²) < 4.78 is 0. The van der Waals surface area contributed by atoms with Crippen molar-refractivity contribution in [2.24, 2.45) is 5.92 Å². The van der Waals surface area contributed by atoms with E-state index in [2.05, 4.69) is 38.2 Å². The minimum absolute atomic E-state index is 0.541. The van der Waals surface area contributed by atoms with Gasteiger partial charge in [-0.1, -0.05) is 82.7 Å². The first-order valence-electron chi connectivity index (χ1n) is 8.60. The summed E-state index contributed by atoms with van der Waals surface area (Å²) in [7, 11) is 0. The molecule has 1 atom stereocenters. The number of hydrogen-bond acceptors (Lipinski definition) is 1. The van der Waals surface area contributed by atoms with E-state index in [9.17, 15) is 0 Å². The van der Waals surface area contributed by atoms with E-state index in [1.165, 1.54) is 44.1 Å². The van der Waals surface area contributed by atoms with Crippen LogP contribution in [-0.2, 0) is 0 Å². The second kappa shape index (κ2) is 11.1. The van der Waals surface area contributed by atoms with Crippen molar-refractivity contribution >= 4 is 11.6 Å². The summed E-state index contributed by atoms with van der Waals surface area (Å²) >= 11 is 6.40. The highest BCUT2D eigenvalue weighted by Gasteiger charge is 2.14.